The van der Waals surface area contributed by atoms with Gasteiger partial charge < -0.3 is 14.6 Å². The summed E-state index contributed by atoms with van der Waals surface area (Å²) in [6, 6.07) is 7.70. The predicted molar refractivity (Wildman–Crippen MR) is 99.1 cm³/mol. The summed E-state index contributed by atoms with van der Waals surface area (Å²) in [6.45, 7) is -0.0176. The number of non-ortho nitro benzene ring substituents is 1. The summed E-state index contributed by atoms with van der Waals surface area (Å²) < 4.78 is 20.4. The molecule has 148 valence electrons. The van der Waals surface area contributed by atoms with Gasteiger partial charge >= 0.3 is 5.97 Å². The van der Waals surface area contributed by atoms with Crippen LogP contribution in [0, 0.1) is 15.9 Å². The van der Waals surface area contributed by atoms with Crippen LogP contribution in [0.5, 0.6) is 0 Å². The summed E-state index contributed by atoms with van der Waals surface area (Å²) in [5.74, 6) is -1.96. The molecule has 0 saturated heterocycles. The molecule has 3 aromatic rings. The van der Waals surface area contributed by atoms with Gasteiger partial charge in [-0.05, 0) is 23.8 Å². The summed E-state index contributed by atoms with van der Waals surface area (Å²) in [5, 5.41) is 13.6. The summed E-state index contributed by atoms with van der Waals surface area (Å²) in [6.07, 6.45) is 4.58. The summed E-state index contributed by atoms with van der Waals surface area (Å²) in [5.41, 5.74) is 0.156. The first kappa shape index (κ1) is 19.7. The summed E-state index contributed by atoms with van der Waals surface area (Å²) >= 11 is 0. The van der Waals surface area contributed by atoms with Gasteiger partial charge in [0.05, 0.1) is 29.6 Å². The number of nitrogens with zero attached hydrogens (tertiary/aromatic N) is 3. The fraction of sp³-hybridized carbons (Fsp3) is 0.105. The van der Waals surface area contributed by atoms with Gasteiger partial charge in [-0.15, -0.1) is 0 Å². The minimum Gasteiger partial charge on any atom is -0.465 e. The molecule has 1 heterocycles. The Morgan fingerprint density at radius 3 is 2.62 bits per heavy atom. The maximum atomic E-state index is 14.3. The van der Waals surface area contributed by atoms with Crippen LogP contribution in [0.4, 0.5) is 10.1 Å². The van der Waals surface area contributed by atoms with Crippen molar-refractivity contribution in [3.05, 3.63) is 87.7 Å². The molecule has 0 bridgehead atoms. The van der Waals surface area contributed by atoms with E-state index in [1.807, 2.05) is 0 Å². The first-order chi connectivity index (χ1) is 13.9. The van der Waals surface area contributed by atoms with Crippen LogP contribution in [0.2, 0.25) is 0 Å². The van der Waals surface area contributed by atoms with Gasteiger partial charge in [0.15, 0.2) is 0 Å². The van der Waals surface area contributed by atoms with Crippen LogP contribution in [0.3, 0.4) is 0 Å². The summed E-state index contributed by atoms with van der Waals surface area (Å²) in [7, 11) is 1.13. The zero-order valence-electron chi connectivity index (χ0n) is 15.2. The number of methoxy groups -OCH3 is 1. The highest BCUT2D eigenvalue weighted by molar-refractivity contribution is 5.98. The number of nitro benzene ring substituents is 1. The van der Waals surface area contributed by atoms with Crippen molar-refractivity contribution in [2.24, 2.45) is 0 Å². The molecule has 29 heavy (non-hydrogen) atoms. The molecule has 9 nitrogen and oxygen atoms in total. The number of benzene rings is 2. The summed E-state index contributed by atoms with van der Waals surface area (Å²) in [4.78, 5) is 38.3. The lowest BCUT2D eigenvalue weighted by molar-refractivity contribution is -0.384. The van der Waals surface area contributed by atoms with E-state index >= 15 is 0 Å². The van der Waals surface area contributed by atoms with E-state index in [2.05, 4.69) is 15.0 Å². The molecule has 0 fully saturated rings. The number of rotatable bonds is 6. The second-order valence-electron chi connectivity index (χ2n) is 5.96. The molecule has 1 amide bonds. The molecule has 0 aliphatic heterocycles. The predicted octanol–water partition coefficient (Wildman–Crippen LogP) is 2.64. The van der Waals surface area contributed by atoms with Crippen LogP contribution in [0.15, 0.2) is 55.1 Å². The first-order valence-corrected chi connectivity index (χ1v) is 8.32. The van der Waals surface area contributed by atoms with Crippen molar-refractivity contribution >= 4 is 17.6 Å². The Kier molecular flexibility index (Phi) is 5.63. The number of aromatic nitrogens is 2. The van der Waals surface area contributed by atoms with E-state index in [4.69, 9.17) is 0 Å². The number of carbonyl (C=O) groups excluding carboxylic acids is 2. The van der Waals surface area contributed by atoms with E-state index in [0.717, 1.165) is 19.2 Å². The topological polar surface area (TPSA) is 116 Å². The Morgan fingerprint density at radius 2 is 2.00 bits per heavy atom. The average Bonchev–Trinajstić information content (AvgIpc) is 3.25. The third-order valence-electron chi connectivity index (χ3n) is 4.06. The molecule has 0 spiro atoms. The minimum absolute atomic E-state index is 0.0176. The highest BCUT2D eigenvalue weighted by Gasteiger charge is 2.18. The van der Waals surface area contributed by atoms with Gasteiger partial charge in [0.1, 0.15) is 5.82 Å². The molecule has 2 aromatic carbocycles. The normalized spacial score (nSPS) is 10.4. The fourth-order valence-electron chi connectivity index (χ4n) is 2.64. The smallest absolute Gasteiger partial charge is 0.338 e. The van der Waals surface area contributed by atoms with Gasteiger partial charge in [-0.25, -0.2) is 14.2 Å². The van der Waals surface area contributed by atoms with Gasteiger partial charge in [-0.2, -0.15) is 0 Å². The van der Waals surface area contributed by atoms with Gasteiger partial charge in [-0.3, -0.25) is 14.9 Å². The number of halogens is 1. The molecule has 10 heteroatoms. The SMILES string of the molecule is COC(=O)c1cc(C(=O)NCc2ccc(-n3ccnc3)c(F)c2)cc([N+](=O)[O-])c1. The maximum Gasteiger partial charge on any atom is 0.338 e. The maximum absolute atomic E-state index is 14.3. The number of hydrogen-bond donors (Lipinski definition) is 1. The molecule has 0 unspecified atom stereocenters. The van der Waals surface area contributed by atoms with Crippen LogP contribution in [-0.2, 0) is 11.3 Å². The second kappa shape index (κ2) is 8.30. The van der Waals surface area contributed by atoms with Gasteiger partial charge in [0.2, 0.25) is 0 Å². The number of nitrogens with one attached hydrogen (secondary N) is 1. The third-order valence-corrected chi connectivity index (χ3v) is 4.06. The van der Waals surface area contributed by atoms with Gasteiger partial charge in [0, 0.05) is 36.6 Å². The Bertz CT molecular complexity index is 1080. The van der Waals surface area contributed by atoms with Crippen molar-refractivity contribution in [1.29, 1.82) is 0 Å². The molecule has 0 saturated carbocycles. The van der Waals surface area contributed by atoms with Gasteiger partial charge in [-0.1, -0.05) is 6.07 Å². The number of amides is 1. The molecular formula is C19H15FN4O5. The quantitative estimate of drug-likeness (QED) is 0.388. The van der Waals surface area contributed by atoms with Crippen molar-refractivity contribution in [3.63, 3.8) is 0 Å². The molecular weight excluding hydrogens is 383 g/mol. The number of hydrogen-bond acceptors (Lipinski definition) is 6. The van der Waals surface area contributed by atoms with Crippen molar-refractivity contribution < 1.29 is 23.6 Å². The Hall–Kier alpha value is -4.08. The number of imidazole rings is 1. The lowest BCUT2D eigenvalue weighted by Gasteiger charge is -2.09. The van der Waals surface area contributed by atoms with E-state index < -0.39 is 28.3 Å². The molecule has 0 atom stereocenters. The number of nitro groups is 1. The highest BCUT2D eigenvalue weighted by atomic mass is 19.1. The zero-order chi connectivity index (χ0) is 21.0. The first-order valence-electron chi connectivity index (χ1n) is 8.32. The lowest BCUT2D eigenvalue weighted by atomic mass is 10.1. The molecule has 0 aliphatic carbocycles. The van der Waals surface area contributed by atoms with E-state index in [9.17, 15) is 24.1 Å². The fourth-order valence-corrected chi connectivity index (χ4v) is 2.64. The third kappa shape index (κ3) is 4.43. The second-order valence-corrected chi connectivity index (χ2v) is 5.96. The van der Waals surface area contributed by atoms with E-state index in [1.165, 1.54) is 29.2 Å². The minimum atomic E-state index is -0.806. The van der Waals surface area contributed by atoms with Gasteiger partial charge in [0.25, 0.3) is 11.6 Å². The van der Waals surface area contributed by atoms with Crippen molar-refractivity contribution in [1.82, 2.24) is 14.9 Å². The van der Waals surface area contributed by atoms with E-state index in [0.29, 0.717) is 11.3 Å². The van der Waals surface area contributed by atoms with Crippen molar-refractivity contribution in [3.8, 4) is 5.69 Å². The molecule has 1 aromatic heterocycles. The molecule has 0 radical (unpaired) electrons. The molecule has 1 N–H and O–H groups in total. The van der Waals surface area contributed by atoms with Crippen LogP contribution in [0.1, 0.15) is 26.3 Å². The zero-order valence-corrected chi connectivity index (χ0v) is 15.2. The standard InChI is InChI=1S/C19H15FN4O5/c1-29-19(26)14-7-13(8-15(9-14)24(27)28)18(25)22-10-12-2-3-17(16(20)6-12)23-5-4-21-11-23/h2-9,11H,10H2,1H3,(H,22,25). The Labute approximate surface area is 163 Å². The van der Waals surface area contributed by atoms with E-state index in [1.54, 1.807) is 18.3 Å². The molecule has 3 rings (SSSR count). The lowest BCUT2D eigenvalue weighted by Crippen LogP contribution is -2.23. The van der Waals surface area contributed by atoms with Crippen LogP contribution >= 0.6 is 0 Å². The molecule has 0 aliphatic rings. The monoisotopic (exact) mass is 398 g/mol. The number of esters is 1. The van der Waals surface area contributed by atoms with Crippen LogP contribution in [-0.4, -0.2) is 33.5 Å². The average molecular weight is 398 g/mol. The number of ether oxygens (including phenoxy) is 1. The van der Waals surface area contributed by atoms with Crippen molar-refractivity contribution in [2.45, 2.75) is 6.54 Å². The number of carbonyl (C=O) groups is 2. The van der Waals surface area contributed by atoms with Crippen LogP contribution in [0.25, 0.3) is 5.69 Å². The van der Waals surface area contributed by atoms with E-state index in [-0.39, 0.29) is 17.7 Å². The Balaban J connectivity index is 1.77. The van der Waals surface area contributed by atoms with Crippen molar-refractivity contribution in [2.75, 3.05) is 7.11 Å². The Morgan fingerprint density at radius 1 is 1.24 bits per heavy atom. The van der Waals surface area contributed by atoms with Crippen LogP contribution < -0.4 is 5.32 Å². The largest absolute Gasteiger partial charge is 0.465 e. The highest BCUT2D eigenvalue weighted by Crippen LogP contribution is 2.19.